The summed E-state index contributed by atoms with van der Waals surface area (Å²) in [6.45, 7) is 6.50. The molecular formula is C17H20O2S. The summed E-state index contributed by atoms with van der Waals surface area (Å²) >= 11 is 1.55. The Kier molecular flexibility index (Phi) is 4.96. The van der Waals surface area contributed by atoms with Crippen molar-refractivity contribution in [1.82, 2.24) is 0 Å². The number of carbonyl (C=O) groups excluding carboxylic acids is 1. The highest BCUT2D eigenvalue weighted by atomic mass is 32.1. The first-order valence-electron chi connectivity index (χ1n) is 6.94. The number of ether oxygens (including phenoxy) is 1. The number of hydrogen-bond acceptors (Lipinski definition) is 3. The van der Waals surface area contributed by atoms with Crippen LogP contribution in [0.1, 0.15) is 46.8 Å². The van der Waals surface area contributed by atoms with Gasteiger partial charge in [0.2, 0.25) is 5.78 Å². The number of benzene rings is 1. The third-order valence-corrected chi connectivity index (χ3v) is 4.47. The van der Waals surface area contributed by atoms with Gasteiger partial charge in [-0.15, -0.1) is 11.3 Å². The predicted molar refractivity (Wildman–Crippen MR) is 84.1 cm³/mol. The fourth-order valence-electron chi connectivity index (χ4n) is 1.89. The molecule has 20 heavy (non-hydrogen) atoms. The first kappa shape index (κ1) is 14.8. The minimum absolute atomic E-state index is 0.0441. The molecular weight excluding hydrogens is 268 g/mol. The molecule has 0 atom stereocenters. The number of Topliss-reactive ketones (excluding diaryl/α,β-unsaturated/α-hetero) is 1. The van der Waals surface area contributed by atoms with E-state index in [4.69, 9.17) is 4.74 Å². The number of hydrogen-bond donors (Lipinski definition) is 0. The SMILES string of the molecule is CCc1ccc(C(=O)COc2ccc(C(C)C)cc2)s1. The van der Waals surface area contributed by atoms with Crippen molar-refractivity contribution < 1.29 is 9.53 Å². The summed E-state index contributed by atoms with van der Waals surface area (Å²) in [4.78, 5) is 14.0. The van der Waals surface area contributed by atoms with Gasteiger partial charge in [-0.25, -0.2) is 0 Å². The Hall–Kier alpha value is -1.61. The summed E-state index contributed by atoms with van der Waals surface area (Å²) in [6.07, 6.45) is 0.968. The van der Waals surface area contributed by atoms with Crippen LogP contribution >= 0.6 is 11.3 Å². The summed E-state index contributed by atoms with van der Waals surface area (Å²) in [6, 6.07) is 11.8. The first-order chi connectivity index (χ1) is 9.60. The van der Waals surface area contributed by atoms with Crippen LogP contribution in [0.5, 0.6) is 5.75 Å². The quantitative estimate of drug-likeness (QED) is 0.720. The van der Waals surface area contributed by atoms with Gasteiger partial charge < -0.3 is 4.74 Å². The first-order valence-corrected chi connectivity index (χ1v) is 7.76. The molecule has 0 aliphatic carbocycles. The van der Waals surface area contributed by atoms with Crippen molar-refractivity contribution in [2.75, 3.05) is 6.61 Å². The highest BCUT2D eigenvalue weighted by molar-refractivity contribution is 7.14. The molecule has 2 rings (SSSR count). The van der Waals surface area contributed by atoms with Crippen LogP contribution < -0.4 is 4.74 Å². The molecule has 0 saturated heterocycles. The van der Waals surface area contributed by atoms with Crippen LogP contribution in [0, 0.1) is 0 Å². The number of rotatable bonds is 6. The van der Waals surface area contributed by atoms with E-state index in [0.29, 0.717) is 5.92 Å². The number of aryl methyl sites for hydroxylation is 1. The molecule has 0 amide bonds. The van der Waals surface area contributed by atoms with E-state index in [-0.39, 0.29) is 12.4 Å². The van der Waals surface area contributed by atoms with Gasteiger partial charge in [-0.3, -0.25) is 4.79 Å². The van der Waals surface area contributed by atoms with Crippen LogP contribution in [0.15, 0.2) is 36.4 Å². The van der Waals surface area contributed by atoms with E-state index in [1.54, 1.807) is 11.3 Å². The van der Waals surface area contributed by atoms with E-state index in [2.05, 4.69) is 20.8 Å². The Morgan fingerprint density at radius 1 is 1.15 bits per heavy atom. The molecule has 0 unspecified atom stereocenters. The lowest BCUT2D eigenvalue weighted by molar-refractivity contribution is 0.0925. The van der Waals surface area contributed by atoms with E-state index in [0.717, 1.165) is 17.0 Å². The lowest BCUT2D eigenvalue weighted by atomic mass is 10.0. The zero-order valence-electron chi connectivity index (χ0n) is 12.2. The van der Waals surface area contributed by atoms with Crippen LogP contribution in [0.2, 0.25) is 0 Å². The molecule has 1 aromatic heterocycles. The summed E-state index contributed by atoms with van der Waals surface area (Å²) in [5.74, 6) is 1.29. The minimum Gasteiger partial charge on any atom is -0.485 e. The van der Waals surface area contributed by atoms with E-state index < -0.39 is 0 Å². The lowest BCUT2D eigenvalue weighted by Gasteiger charge is -2.08. The van der Waals surface area contributed by atoms with Gasteiger partial charge in [-0.05, 0) is 42.2 Å². The highest BCUT2D eigenvalue weighted by Crippen LogP contribution is 2.20. The van der Waals surface area contributed by atoms with Gasteiger partial charge >= 0.3 is 0 Å². The number of carbonyl (C=O) groups is 1. The summed E-state index contributed by atoms with van der Waals surface area (Å²) in [7, 11) is 0. The molecule has 106 valence electrons. The van der Waals surface area contributed by atoms with Crippen LogP contribution in [0.25, 0.3) is 0 Å². The average molecular weight is 288 g/mol. The maximum atomic E-state index is 12.0. The fourth-order valence-corrected chi connectivity index (χ4v) is 2.76. The minimum atomic E-state index is 0.0441. The standard InChI is InChI=1S/C17H20O2S/c1-4-15-9-10-17(20-15)16(18)11-19-14-7-5-13(6-8-14)12(2)3/h5-10,12H,4,11H2,1-3H3. The zero-order valence-corrected chi connectivity index (χ0v) is 13.0. The van der Waals surface area contributed by atoms with Gasteiger partial charge in [-0.1, -0.05) is 32.9 Å². The molecule has 3 heteroatoms. The maximum Gasteiger partial charge on any atom is 0.210 e. The molecule has 0 saturated carbocycles. The van der Waals surface area contributed by atoms with E-state index in [1.807, 2.05) is 36.4 Å². The second-order valence-electron chi connectivity index (χ2n) is 5.06. The van der Waals surface area contributed by atoms with E-state index in [1.165, 1.54) is 10.4 Å². The zero-order chi connectivity index (χ0) is 14.5. The third-order valence-electron chi connectivity index (χ3n) is 3.20. The van der Waals surface area contributed by atoms with Crippen molar-refractivity contribution in [2.45, 2.75) is 33.1 Å². The average Bonchev–Trinajstić information content (AvgIpc) is 2.94. The van der Waals surface area contributed by atoms with E-state index >= 15 is 0 Å². The number of thiophene rings is 1. The lowest BCUT2D eigenvalue weighted by Crippen LogP contribution is -2.10. The molecule has 2 nitrogen and oxygen atoms in total. The second kappa shape index (κ2) is 6.71. The van der Waals surface area contributed by atoms with Crippen molar-refractivity contribution in [2.24, 2.45) is 0 Å². The number of ketones is 1. The Bertz CT molecular complexity index is 567. The Balaban J connectivity index is 1.92. The Labute approximate surface area is 124 Å². The van der Waals surface area contributed by atoms with Gasteiger partial charge in [0.15, 0.2) is 6.61 Å². The van der Waals surface area contributed by atoms with E-state index in [9.17, 15) is 4.79 Å². The summed E-state index contributed by atoms with van der Waals surface area (Å²) in [5.41, 5.74) is 1.27. The highest BCUT2D eigenvalue weighted by Gasteiger charge is 2.10. The van der Waals surface area contributed by atoms with Crippen LogP contribution in [-0.2, 0) is 6.42 Å². The maximum absolute atomic E-state index is 12.0. The Morgan fingerprint density at radius 2 is 1.85 bits per heavy atom. The van der Waals surface area contributed by atoms with Crippen LogP contribution in [0.4, 0.5) is 0 Å². The van der Waals surface area contributed by atoms with Crippen molar-refractivity contribution in [3.05, 3.63) is 51.7 Å². The van der Waals surface area contributed by atoms with Crippen LogP contribution in [0.3, 0.4) is 0 Å². The molecule has 0 spiro atoms. The molecule has 0 fully saturated rings. The van der Waals surface area contributed by atoms with Crippen molar-refractivity contribution in [1.29, 1.82) is 0 Å². The molecule has 1 heterocycles. The molecule has 0 aliphatic heterocycles. The van der Waals surface area contributed by atoms with Gasteiger partial charge in [0.25, 0.3) is 0 Å². The van der Waals surface area contributed by atoms with Gasteiger partial charge in [-0.2, -0.15) is 0 Å². The van der Waals surface area contributed by atoms with Crippen molar-refractivity contribution in [3.8, 4) is 5.75 Å². The van der Waals surface area contributed by atoms with Gasteiger partial charge in [0, 0.05) is 4.88 Å². The fraction of sp³-hybridized carbons (Fsp3) is 0.353. The predicted octanol–water partition coefficient (Wildman–Crippen LogP) is 4.70. The monoisotopic (exact) mass is 288 g/mol. The molecule has 0 aliphatic rings. The van der Waals surface area contributed by atoms with Gasteiger partial charge in [0.05, 0.1) is 4.88 Å². The Morgan fingerprint density at radius 3 is 2.40 bits per heavy atom. The smallest absolute Gasteiger partial charge is 0.210 e. The second-order valence-corrected chi connectivity index (χ2v) is 6.22. The topological polar surface area (TPSA) is 26.3 Å². The summed E-state index contributed by atoms with van der Waals surface area (Å²) in [5, 5.41) is 0. The van der Waals surface area contributed by atoms with Crippen molar-refractivity contribution in [3.63, 3.8) is 0 Å². The molecule has 0 N–H and O–H groups in total. The van der Waals surface area contributed by atoms with Crippen molar-refractivity contribution >= 4 is 17.1 Å². The summed E-state index contributed by atoms with van der Waals surface area (Å²) < 4.78 is 5.56. The van der Waals surface area contributed by atoms with Crippen LogP contribution in [-0.4, -0.2) is 12.4 Å². The molecule has 0 radical (unpaired) electrons. The van der Waals surface area contributed by atoms with Gasteiger partial charge in [0.1, 0.15) is 5.75 Å². The largest absolute Gasteiger partial charge is 0.485 e. The third kappa shape index (κ3) is 3.70. The molecule has 0 bridgehead atoms. The normalized spacial score (nSPS) is 10.8. The molecule has 2 aromatic rings. The molecule has 1 aromatic carbocycles.